The van der Waals surface area contributed by atoms with Crippen molar-refractivity contribution in [2.45, 2.75) is 25.6 Å². The van der Waals surface area contributed by atoms with Crippen LogP contribution < -0.4 is 9.47 Å². The average molecular weight is 406 g/mol. The quantitative estimate of drug-likeness (QED) is 0.507. The molecule has 5 nitrogen and oxygen atoms in total. The van der Waals surface area contributed by atoms with E-state index in [-0.39, 0.29) is 0 Å². The molecule has 1 atom stereocenters. The zero-order chi connectivity index (χ0) is 21.2. The van der Waals surface area contributed by atoms with E-state index in [0.717, 1.165) is 29.0 Å². The van der Waals surface area contributed by atoms with Gasteiger partial charge in [0.1, 0.15) is 18.1 Å². The summed E-state index contributed by atoms with van der Waals surface area (Å²) in [5.41, 5.74) is 3.20. The Balaban J connectivity index is 1.42. The minimum absolute atomic E-state index is 0.324. The fraction of sp³-hybridized carbons (Fsp3) is 0.240. The van der Waals surface area contributed by atoms with E-state index in [9.17, 15) is 4.79 Å². The van der Waals surface area contributed by atoms with Gasteiger partial charge >= 0.3 is 5.97 Å². The van der Waals surface area contributed by atoms with Gasteiger partial charge in [-0.1, -0.05) is 54.6 Å². The molecule has 3 rings (SSSR count). The van der Waals surface area contributed by atoms with Gasteiger partial charge in [0, 0.05) is 20.0 Å². The molecule has 3 aromatic carbocycles. The fourth-order valence-corrected chi connectivity index (χ4v) is 2.99. The molecule has 0 radical (unpaired) electrons. The van der Waals surface area contributed by atoms with Crippen molar-refractivity contribution < 1.29 is 24.1 Å². The van der Waals surface area contributed by atoms with E-state index < -0.39 is 12.1 Å². The Hall–Kier alpha value is -3.31. The number of hydrogen-bond acceptors (Lipinski definition) is 4. The number of hydrogen-bond donors (Lipinski definition) is 1. The molecule has 0 aliphatic heterocycles. The van der Waals surface area contributed by atoms with Gasteiger partial charge in [0.2, 0.25) is 0 Å². The highest BCUT2D eigenvalue weighted by Crippen LogP contribution is 2.17. The molecule has 3 aromatic rings. The van der Waals surface area contributed by atoms with Gasteiger partial charge in [-0.25, -0.2) is 4.79 Å². The molecule has 1 N–H and O–H groups in total. The third-order valence-corrected chi connectivity index (χ3v) is 4.74. The SMILES string of the molecule is COC(Cc1ccc(OCCc2ccc(OCc3ccccc3)cc2)cc1)C(=O)O. The Morgan fingerprint density at radius 1 is 0.800 bits per heavy atom. The molecule has 5 heteroatoms. The number of methoxy groups -OCH3 is 1. The van der Waals surface area contributed by atoms with E-state index in [4.69, 9.17) is 19.3 Å². The molecule has 0 aliphatic carbocycles. The van der Waals surface area contributed by atoms with Crippen LogP contribution in [0.3, 0.4) is 0 Å². The number of carbonyl (C=O) groups is 1. The van der Waals surface area contributed by atoms with Gasteiger partial charge in [0.25, 0.3) is 0 Å². The van der Waals surface area contributed by atoms with Crippen molar-refractivity contribution in [2.75, 3.05) is 13.7 Å². The lowest BCUT2D eigenvalue weighted by atomic mass is 10.1. The summed E-state index contributed by atoms with van der Waals surface area (Å²) in [5, 5.41) is 9.06. The van der Waals surface area contributed by atoms with E-state index >= 15 is 0 Å². The molecule has 0 bridgehead atoms. The molecule has 0 amide bonds. The van der Waals surface area contributed by atoms with Crippen molar-refractivity contribution in [1.82, 2.24) is 0 Å². The first-order valence-electron chi connectivity index (χ1n) is 9.87. The lowest BCUT2D eigenvalue weighted by molar-refractivity contribution is -0.148. The number of rotatable bonds is 11. The molecule has 0 saturated heterocycles. The van der Waals surface area contributed by atoms with Crippen LogP contribution in [0.4, 0.5) is 0 Å². The molecule has 0 fully saturated rings. The smallest absolute Gasteiger partial charge is 0.333 e. The van der Waals surface area contributed by atoms with Crippen molar-refractivity contribution in [1.29, 1.82) is 0 Å². The predicted molar refractivity (Wildman–Crippen MR) is 115 cm³/mol. The van der Waals surface area contributed by atoms with Crippen molar-refractivity contribution >= 4 is 5.97 Å². The third kappa shape index (κ3) is 6.64. The van der Waals surface area contributed by atoms with Gasteiger partial charge in [0.15, 0.2) is 6.10 Å². The maximum Gasteiger partial charge on any atom is 0.333 e. The van der Waals surface area contributed by atoms with Crippen LogP contribution >= 0.6 is 0 Å². The minimum atomic E-state index is -0.964. The monoisotopic (exact) mass is 406 g/mol. The topological polar surface area (TPSA) is 65.0 Å². The van der Waals surface area contributed by atoms with Crippen LogP contribution in [0.25, 0.3) is 0 Å². The van der Waals surface area contributed by atoms with Crippen LogP contribution in [0.2, 0.25) is 0 Å². The van der Waals surface area contributed by atoms with E-state index in [1.807, 2.05) is 78.9 Å². The van der Waals surface area contributed by atoms with Crippen LogP contribution in [0.15, 0.2) is 78.9 Å². The van der Waals surface area contributed by atoms with Gasteiger partial charge in [-0.3, -0.25) is 0 Å². The first-order chi connectivity index (χ1) is 14.6. The van der Waals surface area contributed by atoms with Crippen molar-refractivity contribution in [2.24, 2.45) is 0 Å². The number of ether oxygens (including phenoxy) is 3. The normalized spacial score (nSPS) is 11.6. The van der Waals surface area contributed by atoms with Gasteiger partial charge < -0.3 is 19.3 Å². The fourth-order valence-electron chi connectivity index (χ4n) is 2.99. The Labute approximate surface area is 176 Å². The maximum atomic E-state index is 11.0. The third-order valence-electron chi connectivity index (χ3n) is 4.74. The summed E-state index contributed by atoms with van der Waals surface area (Å²) < 4.78 is 16.6. The Morgan fingerprint density at radius 3 is 2.00 bits per heavy atom. The number of aliphatic carboxylic acids is 1. The second-order valence-corrected chi connectivity index (χ2v) is 6.93. The van der Waals surface area contributed by atoms with Crippen LogP contribution in [0.5, 0.6) is 11.5 Å². The van der Waals surface area contributed by atoms with Gasteiger partial charge in [0.05, 0.1) is 6.61 Å². The minimum Gasteiger partial charge on any atom is -0.493 e. The lowest BCUT2D eigenvalue weighted by Crippen LogP contribution is -2.24. The van der Waals surface area contributed by atoms with Crippen LogP contribution in [0.1, 0.15) is 16.7 Å². The van der Waals surface area contributed by atoms with Gasteiger partial charge in [-0.05, 0) is 41.0 Å². The number of benzene rings is 3. The summed E-state index contributed by atoms with van der Waals surface area (Å²) in [6.45, 7) is 1.11. The van der Waals surface area contributed by atoms with E-state index in [1.165, 1.54) is 12.7 Å². The predicted octanol–water partition coefficient (Wildman–Crippen LogP) is 4.53. The highest BCUT2D eigenvalue weighted by atomic mass is 16.5. The molecule has 0 saturated carbocycles. The second-order valence-electron chi connectivity index (χ2n) is 6.93. The van der Waals surface area contributed by atoms with Crippen LogP contribution in [-0.2, 0) is 29.0 Å². The van der Waals surface area contributed by atoms with Crippen molar-refractivity contribution in [3.63, 3.8) is 0 Å². The Kier molecular flexibility index (Phi) is 7.86. The first kappa shape index (κ1) is 21.4. The molecule has 156 valence electrons. The number of carboxylic acid groups (broad SMARTS) is 1. The summed E-state index contributed by atoms with van der Waals surface area (Å²) in [6, 6.07) is 25.5. The van der Waals surface area contributed by atoms with E-state index in [0.29, 0.717) is 19.6 Å². The number of carboxylic acids is 1. The zero-order valence-electron chi connectivity index (χ0n) is 17.0. The zero-order valence-corrected chi connectivity index (χ0v) is 17.0. The molecular weight excluding hydrogens is 380 g/mol. The standard InChI is InChI=1S/C25H26O5/c1-28-24(25(26)27)17-20-9-13-22(14-10-20)29-16-15-19-7-11-23(12-8-19)30-18-21-5-3-2-4-6-21/h2-14,24H,15-18H2,1H3,(H,26,27). The van der Waals surface area contributed by atoms with Crippen LogP contribution in [-0.4, -0.2) is 30.9 Å². The molecule has 0 heterocycles. The first-order valence-corrected chi connectivity index (χ1v) is 9.87. The van der Waals surface area contributed by atoms with Crippen molar-refractivity contribution in [3.8, 4) is 11.5 Å². The summed E-state index contributed by atoms with van der Waals surface area (Å²) in [5.74, 6) is 0.634. The van der Waals surface area contributed by atoms with Crippen molar-refractivity contribution in [3.05, 3.63) is 95.6 Å². The summed E-state index contributed by atoms with van der Waals surface area (Å²) in [6.07, 6.45) is 0.271. The maximum absolute atomic E-state index is 11.0. The molecule has 0 spiro atoms. The lowest BCUT2D eigenvalue weighted by Gasteiger charge is -2.11. The van der Waals surface area contributed by atoms with Gasteiger partial charge in [-0.15, -0.1) is 0 Å². The molecule has 0 aromatic heterocycles. The summed E-state index contributed by atoms with van der Waals surface area (Å²) >= 11 is 0. The second kappa shape index (κ2) is 11.0. The molecular formula is C25H26O5. The van der Waals surface area contributed by atoms with Crippen LogP contribution in [0, 0.1) is 0 Å². The summed E-state index contributed by atoms with van der Waals surface area (Å²) in [4.78, 5) is 11.0. The largest absolute Gasteiger partial charge is 0.493 e. The Morgan fingerprint density at radius 2 is 1.40 bits per heavy atom. The average Bonchev–Trinajstić information content (AvgIpc) is 2.78. The van der Waals surface area contributed by atoms with E-state index in [1.54, 1.807) is 0 Å². The van der Waals surface area contributed by atoms with E-state index in [2.05, 4.69) is 0 Å². The molecule has 1 unspecified atom stereocenters. The summed E-state index contributed by atoms with van der Waals surface area (Å²) in [7, 11) is 1.40. The highest BCUT2D eigenvalue weighted by molar-refractivity contribution is 5.72. The highest BCUT2D eigenvalue weighted by Gasteiger charge is 2.16. The van der Waals surface area contributed by atoms with Gasteiger partial charge in [-0.2, -0.15) is 0 Å². The molecule has 0 aliphatic rings. The molecule has 30 heavy (non-hydrogen) atoms. The Bertz CT molecular complexity index is 905.